The maximum absolute atomic E-state index is 5.14. The Kier molecular flexibility index (Phi) is 5.73. The average Bonchev–Trinajstić information content (AvgIpc) is 2.27. The SMILES string of the molecule is CCC1(CN(C)C)CCN(CCOC)CC1. The molecule has 0 atom stereocenters. The molecular weight excluding hydrogens is 200 g/mol. The highest BCUT2D eigenvalue weighted by Crippen LogP contribution is 2.35. The molecule has 0 N–H and O–H groups in total. The summed E-state index contributed by atoms with van der Waals surface area (Å²) in [5.41, 5.74) is 0.563. The van der Waals surface area contributed by atoms with E-state index in [4.69, 9.17) is 4.74 Å². The first-order valence-electron chi connectivity index (χ1n) is 6.48. The molecule has 16 heavy (non-hydrogen) atoms. The first-order chi connectivity index (χ1) is 7.62. The van der Waals surface area contributed by atoms with Crippen LogP contribution < -0.4 is 0 Å². The predicted octanol–water partition coefficient (Wildman–Crippen LogP) is 1.69. The molecule has 0 aromatic rings. The first-order valence-corrected chi connectivity index (χ1v) is 6.48. The molecule has 1 saturated heterocycles. The molecule has 1 aliphatic rings. The second kappa shape index (κ2) is 6.58. The Morgan fingerprint density at radius 2 is 1.88 bits per heavy atom. The highest BCUT2D eigenvalue weighted by molar-refractivity contribution is 4.86. The third kappa shape index (κ3) is 4.04. The lowest BCUT2D eigenvalue weighted by molar-refractivity contribution is 0.0574. The molecule has 0 spiro atoms. The quantitative estimate of drug-likeness (QED) is 0.688. The van der Waals surface area contributed by atoms with Crippen molar-refractivity contribution in [3.8, 4) is 0 Å². The molecule has 0 radical (unpaired) electrons. The second-order valence-corrected chi connectivity index (χ2v) is 5.43. The minimum absolute atomic E-state index is 0.563. The Morgan fingerprint density at radius 3 is 2.31 bits per heavy atom. The van der Waals surface area contributed by atoms with Gasteiger partial charge in [-0.15, -0.1) is 0 Å². The number of piperidine rings is 1. The zero-order valence-corrected chi connectivity index (χ0v) is 11.5. The lowest BCUT2D eigenvalue weighted by atomic mass is 9.76. The fourth-order valence-corrected chi connectivity index (χ4v) is 2.77. The lowest BCUT2D eigenvalue weighted by Gasteiger charge is -2.43. The Morgan fingerprint density at radius 1 is 1.25 bits per heavy atom. The van der Waals surface area contributed by atoms with Crippen molar-refractivity contribution < 1.29 is 4.74 Å². The molecule has 0 unspecified atom stereocenters. The van der Waals surface area contributed by atoms with Gasteiger partial charge in [0.2, 0.25) is 0 Å². The lowest BCUT2D eigenvalue weighted by Crippen LogP contribution is -2.45. The van der Waals surface area contributed by atoms with Crippen molar-refractivity contribution in [1.29, 1.82) is 0 Å². The van der Waals surface area contributed by atoms with Crippen LogP contribution in [0.15, 0.2) is 0 Å². The fourth-order valence-electron chi connectivity index (χ4n) is 2.77. The van der Waals surface area contributed by atoms with Gasteiger partial charge in [0.05, 0.1) is 6.61 Å². The van der Waals surface area contributed by atoms with E-state index in [0.717, 1.165) is 13.2 Å². The van der Waals surface area contributed by atoms with Gasteiger partial charge in [-0.05, 0) is 51.9 Å². The van der Waals surface area contributed by atoms with Gasteiger partial charge < -0.3 is 14.5 Å². The zero-order chi connectivity index (χ0) is 12.0. The summed E-state index contributed by atoms with van der Waals surface area (Å²) in [5, 5.41) is 0. The number of nitrogens with zero attached hydrogens (tertiary/aromatic N) is 2. The van der Waals surface area contributed by atoms with E-state index in [1.54, 1.807) is 7.11 Å². The molecule has 1 aliphatic heterocycles. The topological polar surface area (TPSA) is 15.7 Å². The van der Waals surface area contributed by atoms with Crippen LogP contribution in [0.3, 0.4) is 0 Å². The van der Waals surface area contributed by atoms with Crippen LogP contribution in [-0.4, -0.2) is 63.8 Å². The molecule has 0 saturated carbocycles. The molecule has 0 bridgehead atoms. The summed E-state index contributed by atoms with van der Waals surface area (Å²) in [6, 6.07) is 0. The van der Waals surface area contributed by atoms with E-state index in [9.17, 15) is 0 Å². The van der Waals surface area contributed by atoms with E-state index in [1.165, 1.54) is 38.9 Å². The summed E-state index contributed by atoms with van der Waals surface area (Å²) < 4.78 is 5.14. The summed E-state index contributed by atoms with van der Waals surface area (Å²) in [7, 11) is 6.16. The standard InChI is InChI=1S/C13H28N2O/c1-5-13(12-14(2)3)6-8-15(9-7-13)10-11-16-4/h5-12H2,1-4H3. The summed E-state index contributed by atoms with van der Waals surface area (Å²) in [6.45, 7) is 8.02. The number of methoxy groups -OCH3 is 1. The highest BCUT2D eigenvalue weighted by Gasteiger charge is 2.32. The van der Waals surface area contributed by atoms with Crippen molar-refractivity contribution >= 4 is 0 Å². The van der Waals surface area contributed by atoms with E-state index in [0.29, 0.717) is 5.41 Å². The van der Waals surface area contributed by atoms with Gasteiger partial charge in [-0.2, -0.15) is 0 Å². The van der Waals surface area contributed by atoms with Crippen molar-refractivity contribution in [2.75, 3.05) is 54.0 Å². The van der Waals surface area contributed by atoms with Crippen molar-refractivity contribution in [2.45, 2.75) is 26.2 Å². The van der Waals surface area contributed by atoms with Crippen LogP contribution in [0.1, 0.15) is 26.2 Å². The zero-order valence-electron chi connectivity index (χ0n) is 11.5. The van der Waals surface area contributed by atoms with Crippen LogP contribution >= 0.6 is 0 Å². The smallest absolute Gasteiger partial charge is 0.0589 e. The van der Waals surface area contributed by atoms with Gasteiger partial charge in [-0.1, -0.05) is 6.92 Å². The van der Waals surface area contributed by atoms with E-state index in [2.05, 4.69) is 30.8 Å². The third-order valence-corrected chi connectivity index (χ3v) is 3.93. The molecule has 0 aromatic heterocycles. The van der Waals surface area contributed by atoms with Gasteiger partial charge in [-0.25, -0.2) is 0 Å². The van der Waals surface area contributed by atoms with E-state index in [1.807, 2.05) is 0 Å². The number of rotatable bonds is 6. The molecule has 0 aliphatic carbocycles. The van der Waals surface area contributed by atoms with Crippen LogP contribution in [0.2, 0.25) is 0 Å². The minimum atomic E-state index is 0.563. The molecule has 3 heteroatoms. The third-order valence-electron chi connectivity index (χ3n) is 3.93. The Labute approximate surface area is 101 Å². The number of hydrogen-bond donors (Lipinski definition) is 0. The number of likely N-dealkylation sites (tertiary alicyclic amines) is 1. The fraction of sp³-hybridized carbons (Fsp3) is 1.00. The van der Waals surface area contributed by atoms with Gasteiger partial charge in [0, 0.05) is 20.2 Å². The highest BCUT2D eigenvalue weighted by atomic mass is 16.5. The molecule has 0 amide bonds. The Hall–Kier alpha value is -0.120. The number of hydrogen-bond acceptors (Lipinski definition) is 3. The van der Waals surface area contributed by atoms with Crippen molar-refractivity contribution in [1.82, 2.24) is 9.80 Å². The molecule has 3 nitrogen and oxygen atoms in total. The molecule has 0 aromatic carbocycles. The molecule has 1 heterocycles. The second-order valence-electron chi connectivity index (χ2n) is 5.43. The van der Waals surface area contributed by atoms with Gasteiger partial charge in [0.25, 0.3) is 0 Å². The Balaban J connectivity index is 2.37. The summed E-state index contributed by atoms with van der Waals surface area (Å²) in [6.07, 6.45) is 3.99. The predicted molar refractivity (Wildman–Crippen MR) is 68.8 cm³/mol. The normalized spacial score (nSPS) is 21.6. The van der Waals surface area contributed by atoms with Crippen LogP contribution in [-0.2, 0) is 4.74 Å². The largest absolute Gasteiger partial charge is 0.383 e. The molecule has 96 valence electrons. The monoisotopic (exact) mass is 228 g/mol. The maximum Gasteiger partial charge on any atom is 0.0589 e. The van der Waals surface area contributed by atoms with Crippen LogP contribution in [0, 0.1) is 5.41 Å². The minimum Gasteiger partial charge on any atom is -0.383 e. The molecular formula is C13H28N2O. The van der Waals surface area contributed by atoms with Crippen LogP contribution in [0.25, 0.3) is 0 Å². The summed E-state index contributed by atoms with van der Waals surface area (Å²) in [5.74, 6) is 0. The average molecular weight is 228 g/mol. The van der Waals surface area contributed by atoms with Crippen molar-refractivity contribution in [3.63, 3.8) is 0 Å². The van der Waals surface area contributed by atoms with E-state index < -0.39 is 0 Å². The van der Waals surface area contributed by atoms with Gasteiger partial charge in [0.15, 0.2) is 0 Å². The first kappa shape index (κ1) is 13.9. The summed E-state index contributed by atoms with van der Waals surface area (Å²) >= 11 is 0. The van der Waals surface area contributed by atoms with Crippen LogP contribution in [0.4, 0.5) is 0 Å². The van der Waals surface area contributed by atoms with Gasteiger partial charge in [-0.3, -0.25) is 0 Å². The van der Waals surface area contributed by atoms with Gasteiger partial charge in [0.1, 0.15) is 0 Å². The van der Waals surface area contributed by atoms with E-state index in [-0.39, 0.29) is 0 Å². The van der Waals surface area contributed by atoms with Crippen LogP contribution in [0.5, 0.6) is 0 Å². The van der Waals surface area contributed by atoms with Crippen molar-refractivity contribution in [2.24, 2.45) is 5.41 Å². The Bertz CT molecular complexity index is 186. The van der Waals surface area contributed by atoms with E-state index >= 15 is 0 Å². The van der Waals surface area contributed by atoms with Gasteiger partial charge >= 0.3 is 0 Å². The maximum atomic E-state index is 5.14. The summed E-state index contributed by atoms with van der Waals surface area (Å²) in [4.78, 5) is 4.88. The van der Waals surface area contributed by atoms with Crippen molar-refractivity contribution in [3.05, 3.63) is 0 Å². The molecule has 1 rings (SSSR count). The number of ether oxygens (including phenoxy) is 1. The molecule has 1 fully saturated rings.